The summed E-state index contributed by atoms with van der Waals surface area (Å²) in [4.78, 5) is 0. The van der Waals surface area contributed by atoms with Gasteiger partial charge in [-0.25, -0.2) is 8.42 Å². The highest BCUT2D eigenvalue weighted by atomic mass is 32.2. The van der Waals surface area contributed by atoms with Crippen molar-refractivity contribution in [1.82, 2.24) is 0 Å². The zero-order valence-electron chi connectivity index (χ0n) is 10.6. The van der Waals surface area contributed by atoms with Crippen LogP contribution in [0.4, 0.5) is 24.5 Å². The molecular weight excluding hydrogens is 293 g/mol. The summed E-state index contributed by atoms with van der Waals surface area (Å²) < 4.78 is 61.7. The van der Waals surface area contributed by atoms with E-state index < -0.39 is 34.8 Å². The Kier molecular flexibility index (Phi) is 4.12. The topological polar surface area (TPSA) is 58.2 Å². The fraction of sp³-hybridized carbons (Fsp3) is 0.500. The summed E-state index contributed by atoms with van der Waals surface area (Å²) in [6, 6.07) is 5.06. The molecule has 2 rings (SSSR count). The Labute approximate surface area is 115 Å². The quantitative estimate of drug-likeness (QED) is 0.879. The van der Waals surface area contributed by atoms with Crippen molar-refractivity contribution in [1.29, 1.82) is 0 Å². The molecule has 0 aromatic heterocycles. The maximum Gasteiger partial charge on any atom is 0.389 e. The summed E-state index contributed by atoms with van der Waals surface area (Å²) >= 11 is 0. The summed E-state index contributed by atoms with van der Waals surface area (Å²) in [5.74, 6) is -0.540. The summed E-state index contributed by atoms with van der Waals surface area (Å²) in [5.41, 5.74) is 2.35. The predicted octanol–water partition coefficient (Wildman–Crippen LogP) is 2.74. The Morgan fingerprint density at radius 2 is 2.05 bits per heavy atom. The zero-order valence-corrected chi connectivity index (χ0v) is 11.4. The van der Waals surface area contributed by atoms with Crippen molar-refractivity contribution in [2.24, 2.45) is 0 Å². The highest BCUT2D eigenvalue weighted by Gasteiger charge is 2.27. The van der Waals surface area contributed by atoms with E-state index in [4.69, 9.17) is 0 Å². The van der Waals surface area contributed by atoms with Gasteiger partial charge in [-0.05, 0) is 36.6 Å². The van der Waals surface area contributed by atoms with E-state index in [1.807, 2.05) is 0 Å². The van der Waals surface area contributed by atoms with E-state index in [9.17, 15) is 21.6 Å². The molecule has 0 atom stereocenters. The second-order valence-electron chi connectivity index (χ2n) is 4.69. The Balaban J connectivity index is 1.94. The van der Waals surface area contributed by atoms with Crippen LogP contribution in [-0.2, 0) is 16.4 Å². The van der Waals surface area contributed by atoms with Gasteiger partial charge in [-0.3, -0.25) is 4.72 Å². The van der Waals surface area contributed by atoms with Gasteiger partial charge in [0.05, 0.1) is 5.75 Å². The highest BCUT2D eigenvalue weighted by Crippen LogP contribution is 2.26. The molecule has 1 aliphatic rings. The molecule has 1 aromatic rings. The Bertz CT molecular complexity index is 585. The standard InChI is InChI=1S/C12H15F3N2O2S/c13-12(14,15)5-1-7-20(18,19)17-10-2-3-11-9(8-10)4-6-16-11/h2-3,8,16-17H,1,4-7H2. The van der Waals surface area contributed by atoms with Crippen LogP contribution in [0.1, 0.15) is 18.4 Å². The molecule has 0 saturated carbocycles. The van der Waals surface area contributed by atoms with Gasteiger partial charge in [0.15, 0.2) is 0 Å². The average Bonchev–Trinajstić information content (AvgIpc) is 2.73. The SMILES string of the molecule is O=S(=O)(CCCC(F)(F)F)Nc1ccc2c(c1)CCN2. The van der Waals surface area contributed by atoms with Gasteiger partial charge in [-0.2, -0.15) is 13.2 Å². The summed E-state index contributed by atoms with van der Waals surface area (Å²) in [5, 5.41) is 3.14. The summed E-state index contributed by atoms with van der Waals surface area (Å²) in [6.45, 7) is 0.803. The van der Waals surface area contributed by atoms with Crippen molar-refractivity contribution in [2.45, 2.75) is 25.4 Å². The van der Waals surface area contributed by atoms with E-state index in [0.717, 1.165) is 24.2 Å². The molecule has 1 aromatic carbocycles. The molecule has 0 amide bonds. The van der Waals surface area contributed by atoms with Crippen LogP contribution in [0.25, 0.3) is 0 Å². The molecule has 0 aliphatic carbocycles. The minimum absolute atomic E-state index is 0.388. The number of hydrogen-bond donors (Lipinski definition) is 2. The van der Waals surface area contributed by atoms with Gasteiger partial charge in [0.2, 0.25) is 10.0 Å². The molecule has 8 heteroatoms. The Hall–Kier alpha value is -1.44. The van der Waals surface area contributed by atoms with Gasteiger partial charge in [0.25, 0.3) is 0 Å². The molecule has 1 aliphatic heterocycles. The lowest BCUT2D eigenvalue weighted by Crippen LogP contribution is -2.18. The molecule has 0 unspecified atom stereocenters. The van der Waals surface area contributed by atoms with Crippen molar-refractivity contribution in [3.63, 3.8) is 0 Å². The summed E-state index contributed by atoms with van der Waals surface area (Å²) in [6.07, 6.45) is -5.05. The average molecular weight is 308 g/mol. The zero-order chi connectivity index (χ0) is 14.8. The third-order valence-electron chi connectivity index (χ3n) is 2.96. The van der Waals surface area contributed by atoms with E-state index in [0.29, 0.717) is 5.69 Å². The van der Waals surface area contributed by atoms with Crippen LogP contribution in [0.5, 0.6) is 0 Å². The largest absolute Gasteiger partial charge is 0.389 e. The third-order valence-corrected chi connectivity index (χ3v) is 4.33. The maximum absolute atomic E-state index is 12.0. The molecule has 0 saturated heterocycles. The van der Waals surface area contributed by atoms with Crippen molar-refractivity contribution in [2.75, 3.05) is 22.3 Å². The highest BCUT2D eigenvalue weighted by molar-refractivity contribution is 7.92. The molecule has 20 heavy (non-hydrogen) atoms. The minimum atomic E-state index is -4.32. The fourth-order valence-corrected chi connectivity index (χ4v) is 3.17. The van der Waals surface area contributed by atoms with Crippen LogP contribution >= 0.6 is 0 Å². The normalized spacial score (nSPS) is 14.8. The fourth-order valence-electron chi connectivity index (χ4n) is 2.06. The van der Waals surface area contributed by atoms with Crippen LogP contribution in [0.3, 0.4) is 0 Å². The van der Waals surface area contributed by atoms with E-state index in [1.165, 1.54) is 0 Å². The van der Waals surface area contributed by atoms with Crippen molar-refractivity contribution in [3.8, 4) is 0 Å². The first-order valence-electron chi connectivity index (χ1n) is 6.19. The monoisotopic (exact) mass is 308 g/mol. The van der Waals surface area contributed by atoms with Gasteiger partial charge in [-0.1, -0.05) is 0 Å². The molecule has 0 radical (unpaired) electrons. The van der Waals surface area contributed by atoms with Gasteiger partial charge in [0, 0.05) is 24.3 Å². The Morgan fingerprint density at radius 3 is 2.75 bits per heavy atom. The minimum Gasteiger partial charge on any atom is -0.384 e. The summed E-state index contributed by atoms with van der Waals surface area (Å²) in [7, 11) is -3.74. The van der Waals surface area contributed by atoms with Crippen LogP contribution in [-0.4, -0.2) is 26.9 Å². The third kappa shape index (κ3) is 4.29. The first-order valence-corrected chi connectivity index (χ1v) is 7.84. The number of fused-ring (bicyclic) bond motifs is 1. The molecular formula is C12H15F3N2O2S. The Morgan fingerprint density at radius 1 is 1.30 bits per heavy atom. The number of sulfonamides is 1. The smallest absolute Gasteiger partial charge is 0.384 e. The number of nitrogens with one attached hydrogen (secondary N) is 2. The molecule has 0 fully saturated rings. The molecule has 0 spiro atoms. The predicted molar refractivity (Wildman–Crippen MR) is 71.3 cm³/mol. The lowest BCUT2D eigenvalue weighted by atomic mass is 10.1. The van der Waals surface area contributed by atoms with Crippen molar-refractivity contribution in [3.05, 3.63) is 23.8 Å². The molecule has 112 valence electrons. The number of alkyl halides is 3. The molecule has 0 bridgehead atoms. The van der Waals surface area contributed by atoms with E-state index in [1.54, 1.807) is 18.2 Å². The first kappa shape index (κ1) is 15.0. The molecule has 1 heterocycles. The van der Waals surface area contributed by atoms with Crippen LogP contribution in [0, 0.1) is 0 Å². The number of benzene rings is 1. The lowest BCUT2D eigenvalue weighted by molar-refractivity contribution is -0.134. The van der Waals surface area contributed by atoms with Gasteiger partial charge >= 0.3 is 6.18 Å². The van der Waals surface area contributed by atoms with Gasteiger partial charge in [0.1, 0.15) is 0 Å². The van der Waals surface area contributed by atoms with Gasteiger partial charge in [-0.15, -0.1) is 0 Å². The number of rotatable bonds is 5. The maximum atomic E-state index is 12.0. The van der Waals surface area contributed by atoms with E-state index in [2.05, 4.69) is 10.0 Å². The number of anilines is 2. The number of halogens is 3. The first-order chi connectivity index (χ1) is 9.25. The van der Waals surface area contributed by atoms with Crippen LogP contribution < -0.4 is 10.0 Å². The van der Waals surface area contributed by atoms with Crippen molar-refractivity contribution >= 4 is 21.4 Å². The second kappa shape index (κ2) is 5.51. The lowest BCUT2D eigenvalue weighted by Gasteiger charge is -2.10. The van der Waals surface area contributed by atoms with Gasteiger partial charge < -0.3 is 5.32 Å². The van der Waals surface area contributed by atoms with Crippen molar-refractivity contribution < 1.29 is 21.6 Å². The van der Waals surface area contributed by atoms with Crippen LogP contribution in [0.15, 0.2) is 18.2 Å². The molecule has 4 nitrogen and oxygen atoms in total. The van der Waals surface area contributed by atoms with E-state index >= 15 is 0 Å². The number of hydrogen-bond acceptors (Lipinski definition) is 3. The molecule has 2 N–H and O–H groups in total. The second-order valence-corrected chi connectivity index (χ2v) is 6.53. The van der Waals surface area contributed by atoms with E-state index in [-0.39, 0.29) is 0 Å². The van der Waals surface area contributed by atoms with Crippen LogP contribution in [0.2, 0.25) is 0 Å².